The van der Waals surface area contributed by atoms with Gasteiger partial charge in [-0.05, 0) is 48.9 Å². The average molecular weight is 512 g/mol. The number of nitrogens with zero attached hydrogens (tertiary/aromatic N) is 5. The molecule has 0 amide bonds. The van der Waals surface area contributed by atoms with Crippen molar-refractivity contribution in [2.24, 2.45) is 0 Å². The second-order valence-corrected chi connectivity index (χ2v) is 8.59. The normalized spacial score (nSPS) is 11.7. The summed E-state index contributed by atoms with van der Waals surface area (Å²) in [5, 5.41) is 15.7. The molecule has 4 heterocycles. The molecule has 3 N–H and O–H groups in total. The van der Waals surface area contributed by atoms with E-state index in [0.29, 0.717) is 23.0 Å². The fourth-order valence-corrected chi connectivity index (χ4v) is 4.33. The lowest BCUT2D eigenvalue weighted by Gasteiger charge is -2.17. The maximum atomic E-state index is 13.2. The second-order valence-electron chi connectivity index (χ2n) is 8.59. The molecule has 0 unspecified atom stereocenters. The second kappa shape index (κ2) is 9.11. The molecule has 0 aliphatic carbocycles. The number of anilines is 4. The van der Waals surface area contributed by atoms with Crippen molar-refractivity contribution >= 4 is 44.8 Å². The third-order valence-corrected chi connectivity index (χ3v) is 6.16. The highest BCUT2D eigenvalue weighted by Crippen LogP contribution is 2.37. The topological polar surface area (TPSA) is 104 Å². The van der Waals surface area contributed by atoms with Crippen molar-refractivity contribution in [2.45, 2.75) is 13.1 Å². The zero-order valence-electron chi connectivity index (χ0n) is 19.9. The first-order valence-electron chi connectivity index (χ1n) is 11.6. The molecule has 11 heteroatoms. The molecule has 6 aromatic rings. The maximum absolute atomic E-state index is 13.2. The molecule has 4 aromatic heterocycles. The van der Waals surface area contributed by atoms with Crippen molar-refractivity contribution in [2.75, 3.05) is 10.6 Å². The molecule has 0 aliphatic rings. The van der Waals surface area contributed by atoms with E-state index in [9.17, 15) is 13.2 Å². The lowest BCUT2D eigenvalue weighted by molar-refractivity contribution is -0.137. The van der Waals surface area contributed by atoms with Gasteiger partial charge in [-0.15, -0.1) is 0 Å². The van der Waals surface area contributed by atoms with Gasteiger partial charge in [0, 0.05) is 34.4 Å². The highest BCUT2D eigenvalue weighted by Gasteiger charge is 2.30. The predicted molar refractivity (Wildman–Crippen MR) is 139 cm³/mol. The summed E-state index contributed by atoms with van der Waals surface area (Å²) in [5.41, 5.74) is 3.33. The summed E-state index contributed by atoms with van der Waals surface area (Å²) in [6, 6.07) is 14.4. The number of aromatic nitrogens is 6. The number of rotatable bonds is 5. The third-order valence-electron chi connectivity index (χ3n) is 6.16. The number of nitrogens with one attached hydrogen (secondary N) is 3. The van der Waals surface area contributed by atoms with E-state index in [0.717, 1.165) is 45.1 Å². The molecule has 0 fully saturated rings. The van der Waals surface area contributed by atoms with Crippen molar-refractivity contribution in [1.82, 2.24) is 30.1 Å². The quantitative estimate of drug-likeness (QED) is 0.234. The maximum Gasteiger partial charge on any atom is 0.416 e. The van der Waals surface area contributed by atoms with Crippen LogP contribution in [-0.2, 0) is 6.18 Å². The van der Waals surface area contributed by atoms with Crippen LogP contribution in [0.2, 0.25) is 0 Å². The Morgan fingerprint density at radius 3 is 2.53 bits per heavy atom. The number of alkyl halides is 3. The van der Waals surface area contributed by atoms with Crippen molar-refractivity contribution in [3.63, 3.8) is 0 Å². The van der Waals surface area contributed by atoms with Gasteiger partial charge < -0.3 is 10.6 Å². The van der Waals surface area contributed by atoms with Gasteiger partial charge in [0.1, 0.15) is 18.0 Å². The smallest absolute Gasteiger partial charge is 0.340 e. The van der Waals surface area contributed by atoms with E-state index in [-0.39, 0.29) is 5.69 Å². The summed E-state index contributed by atoms with van der Waals surface area (Å²) >= 11 is 0. The number of benzene rings is 2. The fourth-order valence-electron chi connectivity index (χ4n) is 4.33. The van der Waals surface area contributed by atoms with Crippen LogP contribution in [0.1, 0.15) is 11.1 Å². The fraction of sp³-hybridized carbons (Fsp3) is 0.0741. The summed E-state index contributed by atoms with van der Waals surface area (Å²) in [6.45, 7) is 1.96. The molecule has 2 aromatic carbocycles. The highest BCUT2D eigenvalue weighted by molar-refractivity contribution is 6.04. The Hall–Kier alpha value is -5.06. The van der Waals surface area contributed by atoms with Crippen LogP contribution in [0.15, 0.2) is 79.5 Å². The minimum absolute atomic E-state index is 0.287. The summed E-state index contributed by atoms with van der Waals surface area (Å²) < 4.78 is 39.6. The Morgan fingerprint density at radius 1 is 0.789 bits per heavy atom. The first-order valence-corrected chi connectivity index (χ1v) is 11.6. The zero-order chi connectivity index (χ0) is 26.3. The van der Waals surface area contributed by atoms with E-state index < -0.39 is 11.7 Å². The van der Waals surface area contributed by atoms with Crippen LogP contribution in [0.5, 0.6) is 0 Å². The van der Waals surface area contributed by atoms with E-state index >= 15 is 0 Å². The standard InChI is InChI=1S/C27H19F3N8/c1-15-7-8-19-18(9-11-32-24(19)36-17-5-2-4-16(12-17)27(28,29)30)22(15)37-25-20(6-3-10-31-25)23-21-13-35-38-26(21)34-14-33-23/h2-14H,1H3,(H,31,37)(H,32,36)(H,33,34,35,38). The van der Waals surface area contributed by atoms with Crippen molar-refractivity contribution in [3.05, 3.63) is 90.6 Å². The third kappa shape index (κ3) is 4.23. The molecule has 0 spiro atoms. The molecule has 8 nitrogen and oxygen atoms in total. The Labute approximate surface area is 214 Å². The van der Waals surface area contributed by atoms with Crippen LogP contribution in [0.4, 0.5) is 36.2 Å². The van der Waals surface area contributed by atoms with Gasteiger partial charge in [-0.25, -0.2) is 19.9 Å². The number of hydrogen-bond acceptors (Lipinski definition) is 7. The molecule has 0 saturated heterocycles. The lowest BCUT2D eigenvalue weighted by atomic mass is 10.0. The molecule has 38 heavy (non-hydrogen) atoms. The van der Waals surface area contributed by atoms with Gasteiger partial charge in [0.05, 0.1) is 28.5 Å². The molecule has 0 saturated carbocycles. The minimum atomic E-state index is -4.44. The number of aromatic amines is 1. The van der Waals surface area contributed by atoms with E-state index in [1.807, 2.05) is 37.3 Å². The number of hydrogen-bond donors (Lipinski definition) is 3. The number of pyridine rings is 2. The molecule has 0 bridgehead atoms. The van der Waals surface area contributed by atoms with Crippen molar-refractivity contribution < 1.29 is 13.2 Å². The predicted octanol–water partition coefficient (Wildman–Crippen LogP) is 6.78. The summed E-state index contributed by atoms with van der Waals surface area (Å²) in [7, 11) is 0. The molecule has 0 aliphatic heterocycles. The molecule has 0 radical (unpaired) electrons. The molecular formula is C27H19F3N8. The van der Waals surface area contributed by atoms with Gasteiger partial charge in [0.15, 0.2) is 5.65 Å². The molecular weight excluding hydrogens is 493 g/mol. The van der Waals surface area contributed by atoms with Crippen LogP contribution in [0.25, 0.3) is 33.1 Å². The molecule has 6 rings (SSSR count). The van der Waals surface area contributed by atoms with Crippen LogP contribution in [-0.4, -0.2) is 30.1 Å². The van der Waals surface area contributed by atoms with Crippen molar-refractivity contribution in [3.8, 4) is 11.3 Å². The van der Waals surface area contributed by atoms with Gasteiger partial charge >= 0.3 is 6.18 Å². The Morgan fingerprint density at radius 2 is 1.66 bits per heavy atom. The van der Waals surface area contributed by atoms with Gasteiger partial charge in [0.2, 0.25) is 0 Å². The van der Waals surface area contributed by atoms with Crippen LogP contribution in [0.3, 0.4) is 0 Å². The average Bonchev–Trinajstić information content (AvgIpc) is 3.40. The Bertz CT molecular complexity index is 1800. The van der Waals surface area contributed by atoms with Crippen molar-refractivity contribution in [1.29, 1.82) is 0 Å². The van der Waals surface area contributed by atoms with Gasteiger partial charge in [-0.1, -0.05) is 18.2 Å². The summed E-state index contributed by atoms with van der Waals surface area (Å²) in [6.07, 6.45) is 1.99. The molecule has 0 atom stereocenters. The molecule has 188 valence electrons. The Balaban J connectivity index is 1.42. The number of fused-ring (bicyclic) bond motifs is 2. The van der Waals surface area contributed by atoms with Gasteiger partial charge in [-0.3, -0.25) is 5.10 Å². The zero-order valence-corrected chi connectivity index (χ0v) is 19.9. The van der Waals surface area contributed by atoms with E-state index in [1.54, 1.807) is 24.7 Å². The van der Waals surface area contributed by atoms with E-state index in [1.165, 1.54) is 12.4 Å². The summed E-state index contributed by atoms with van der Waals surface area (Å²) in [5.74, 6) is 1.01. The highest BCUT2D eigenvalue weighted by atomic mass is 19.4. The SMILES string of the molecule is Cc1ccc2c(Nc3cccc(C(F)(F)F)c3)nccc2c1Nc1ncccc1-c1ncnc2[nH]ncc12. The summed E-state index contributed by atoms with van der Waals surface area (Å²) in [4.78, 5) is 17.7. The number of H-pyrrole nitrogens is 1. The van der Waals surface area contributed by atoms with E-state index in [4.69, 9.17) is 0 Å². The lowest BCUT2D eigenvalue weighted by Crippen LogP contribution is -2.05. The van der Waals surface area contributed by atoms with Crippen LogP contribution in [0, 0.1) is 6.92 Å². The van der Waals surface area contributed by atoms with E-state index in [2.05, 4.69) is 40.8 Å². The van der Waals surface area contributed by atoms with Crippen LogP contribution < -0.4 is 10.6 Å². The Kier molecular flexibility index (Phi) is 5.60. The monoisotopic (exact) mass is 512 g/mol. The largest absolute Gasteiger partial charge is 0.416 e. The first kappa shape index (κ1) is 23.3. The van der Waals surface area contributed by atoms with Crippen LogP contribution >= 0.6 is 0 Å². The number of halogens is 3. The number of aryl methyl sites for hydroxylation is 1. The first-order chi connectivity index (χ1) is 18.4. The van der Waals surface area contributed by atoms with Gasteiger partial charge in [0.25, 0.3) is 0 Å². The van der Waals surface area contributed by atoms with Gasteiger partial charge in [-0.2, -0.15) is 18.3 Å². The minimum Gasteiger partial charge on any atom is -0.340 e.